The van der Waals surface area contributed by atoms with Gasteiger partial charge in [-0.05, 0) is 49.3 Å². The van der Waals surface area contributed by atoms with Crippen LogP contribution in [0.4, 0.5) is 0 Å². The molecule has 1 aliphatic carbocycles. The minimum atomic E-state index is -0.312. The van der Waals surface area contributed by atoms with Gasteiger partial charge in [0, 0.05) is 36.2 Å². The molecule has 28 heavy (non-hydrogen) atoms. The molecule has 152 valence electrons. The third-order valence-corrected chi connectivity index (χ3v) is 5.89. The molecular weight excluding hydrogens is 374 g/mol. The van der Waals surface area contributed by atoms with Crippen LogP contribution >= 0.6 is 11.6 Å². The number of benzene rings is 1. The molecule has 2 aromatic rings. The van der Waals surface area contributed by atoms with E-state index in [1.807, 2.05) is 25.1 Å². The summed E-state index contributed by atoms with van der Waals surface area (Å²) < 4.78 is 2.20. The van der Waals surface area contributed by atoms with E-state index in [4.69, 9.17) is 11.6 Å². The van der Waals surface area contributed by atoms with E-state index in [-0.39, 0.29) is 24.7 Å². The fourth-order valence-electron chi connectivity index (χ4n) is 3.58. The zero-order chi connectivity index (χ0) is 20.3. The Balaban J connectivity index is 1.74. The molecule has 1 atom stereocenters. The van der Waals surface area contributed by atoms with Crippen LogP contribution in [0.2, 0.25) is 5.02 Å². The number of Topliss-reactive ketones (excluding diaryl/α,β-unsaturated/α-hetero) is 1. The van der Waals surface area contributed by atoms with Gasteiger partial charge in [0.05, 0.1) is 6.61 Å². The lowest BCUT2D eigenvalue weighted by molar-refractivity contribution is -0.119. The quantitative estimate of drug-likeness (QED) is 0.636. The number of ketones is 1. The van der Waals surface area contributed by atoms with Crippen molar-refractivity contribution in [2.75, 3.05) is 6.61 Å². The van der Waals surface area contributed by atoms with Crippen molar-refractivity contribution in [3.8, 4) is 0 Å². The van der Waals surface area contributed by atoms with Crippen molar-refractivity contribution < 1.29 is 9.90 Å². The van der Waals surface area contributed by atoms with Crippen LogP contribution in [-0.2, 0) is 17.6 Å². The highest BCUT2D eigenvalue weighted by Crippen LogP contribution is 2.39. The minimum Gasteiger partial charge on any atom is -0.396 e. The molecule has 3 rings (SSSR count). The summed E-state index contributed by atoms with van der Waals surface area (Å²) in [7, 11) is 0. The van der Waals surface area contributed by atoms with Crippen molar-refractivity contribution in [3.63, 3.8) is 0 Å². The summed E-state index contributed by atoms with van der Waals surface area (Å²) in [6, 6.07) is 6.06. The molecule has 0 bridgehead atoms. The van der Waals surface area contributed by atoms with Gasteiger partial charge in [0.1, 0.15) is 17.4 Å². The average molecular weight is 404 g/mol. The maximum Gasteiger partial charge on any atom is 0.139 e. The van der Waals surface area contributed by atoms with Crippen LogP contribution in [0, 0.1) is 12.8 Å². The lowest BCUT2D eigenvalue weighted by Crippen LogP contribution is -2.18. The van der Waals surface area contributed by atoms with Gasteiger partial charge in [-0.3, -0.25) is 4.79 Å². The first-order valence-electron chi connectivity index (χ1n) is 10.2. The smallest absolute Gasteiger partial charge is 0.139 e. The molecule has 1 aliphatic rings. The molecule has 1 unspecified atom stereocenters. The predicted molar refractivity (Wildman–Crippen MR) is 111 cm³/mol. The predicted octanol–water partition coefficient (Wildman–Crippen LogP) is 4.44. The largest absolute Gasteiger partial charge is 0.396 e. The zero-order valence-electron chi connectivity index (χ0n) is 17.0. The number of nitrogens with zero attached hydrogens (tertiary/aromatic N) is 3. The van der Waals surface area contributed by atoms with E-state index in [2.05, 4.69) is 28.6 Å². The second-order valence-corrected chi connectivity index (χ2v) is 8.74. The SMILES string of the molecule is Cc1c(Cl)cccc1CC(=O)CC(CO)c1nnc(CCC(C)C)n1C1CC1. The number of hydrogen-bond donors (Lipinski definition) is 1. The number of aliphatic hydroxyl groups is 1. The molecule has 1 N–H and O–H groups in total. The van der Waals surface area contributed by atoms with Crippen LogP contribution in [0.5, 0.6) is 0 Å². The number of carbonyl (C=O) groups excluding carboxylic acids is 1. The molecule has 1 saturated carbocycles. The van der Waals surface area contributed by atoms with Crippen molar-refractivity contribution in [1.29, 1.82) is 0 Å². The Bertz CT molecular complexity index is 827. The molecule has 1 heterocycles. The molecule has 1 aromatic heterocycles. The van der Waals surface area contributed by atoms with Crippen LogP contribution in [-0.4, -0.2) is 32.3 Å². The summed E-state index contributed by atoms with van der Waals surface area (Å²) >= 11 is 6.17. The summed E-state index contributed by atoms with van der Waals surface area (Å²) in [6.45, 7) is 6.23. The van der Waals surface area contributed by atoms with Gasteiger partial charge in [-0.1, -0.05) is 37.6 Å². The van der Waals surface area contributed by atoms with E-state index in [1.54, 1.807) is 0 Å². The highest BCUT2D eigenvalue weighted by Gasteiger charge is 2.32. The van der Waals surface area contributed by atoms with Crippen LogP contribution in [0.25, 0.3) is 0 Å². The fraction of sp³-hybridized carbons (Fsp3) is 0.591. The van der Waals surface area contributed by atoms with Crippen LogP contribution < -0.4 is 0 Å². The van der Waals surface area contributed by atoms with Crippen LogP contribution in [0.3, 0.4) is 0 Å². The number of halogens is 1. The Kier molecular flexibility index (Phi) is 6.89. The normalized spacial score (nSPS) is 15.2. The average Bonchev–Trinajstić information content (AvgIpc) is 3.41. The van der Waals surface area contributed by atoms with Gasteiger partial charge in [0.2, 0.25) is 0 Å². The standard InChI is InChI=1S/C22H30ClN3O2/c1-14(2)7-10-21-24-25-22(26(21)18-8-9-18)17(13-27)12-19(28)11-16-5-4-6-20(23)15(16)3/h4-6,14,17-18,27H,7-13H2,1-3H3. The van der Waals surface area contributed by atoms with Crippen molar-refractivity contribution in [3.05, 3.63) is 46.0 Å². The molecule has 0 saturated heterocycles. The van der Waals surface area contributed by atoms with Gasteiger partial charge in [-0.2, -0.15) is 0 Å². The summed E-state index contributed by atoms with van der Waals surface area (Å²) in [6.07, 6.45) is 4.76. The van der Waals surface area contributed by atoms with Crippen LogP contribution in [0.1, 0.15) is 74.3 Å². The molecular formula is C22H30ClN3O2. The van der Waals surface area contributed by atoms with Crippen LogP contribution in [0.15, 0.2) is 18.2 Å². The number of carbonyl (C=O) groups is 1. The minimum absolute atomic E-state index is 0.0819. The molecule has 0 aliphatic heterocycles. The lowest BCUT2D eigenvalue weighted by atomic mass is 9.96. The number of aromatic nitrogens is 3. The first-order valence-corrected chi connectivity index (χ1v) is 10.6. The maximum absolute atomic E-state index is 12.7. The van der Waals surface area contributed by atoms with Gasteiger partial charge < -0.3 is 9.67 Å². The Hall–Kier alpha value is -1.72. The number of rotatable bonds is 10. The van der Waals surface area contributed by atoms with E-state index in [9.17, 15) is 9.90 Å². The second-order valence-electron chi connectivity index (χ2n) is 8.33. The molecule has 6 heteroatoms. The maximum atomic E-state index is 12.7. The van der Waals surface area contributed by atoms with E-state index < -0.39 is 0 Å². The van der Waals surface area contributed by atoms with E-state index in [0.29, 0.717) is 23.4 Å². The monoisotopic (exact) mass is 403 g/mol. The van der Waals surface area contributed by atoms with Gasteiger partial charge in [0.25, 0.3) is 0 Å². The Morgan fingerprint density at radius 3 is 2.71 bits per heavy atom. The fourth-order valence-corrected chi connectivity index (χ4v) is 3.77. The molecule has 0 spiro atoms. The van der Waals surface area contributed by atoms with Gasteiger partial charge in [-0.25, -0.2) is 0 Å². The summed E-state index contributed by atoms with van der Waals surface area (Å²) in [5.74, 6) is 2.12. The zero-order valence-corrected chi connectivity index (χ0v) is 17.7. The number of aryl methyl sites for hydroxylation is 1. The van der Waals surface area contributed by atoms with Crippen molar-refractivity contribution in [2.24, 2.45) is 5.92 Å². The number of hydrogen-bond acceptors (Lipinski definition) is 4. The second kappa shape index (κ2) is 9.19. The Morgan fingerprint density at radius 1 is 1.32 bits per heavy atom. The Morgan fingerprint density at radius 2 is 2.07 bits per heavy atom. The first kappa shape index (κ1) is 21.0. The van der Waals surface area contributed by atoms with Crippen molar-refractivity contribution in [1.82, 2.24) is 14.8 Å². The van der Waals surface area contributed by atoms with Gasteiger partial charge in [-0.15, -0.1) is 10.2 Å². The Labute approximate surface area is 172 Å². The topological polar surface area (TPSA) is 68.0 Å². The summed E-state index contributed by atoms with van der Waals surface area (Å²) in [4.78, 5) is 12.7. The van der Waals surface area contributed by atoms with E-state index in [0.717, 1.165) is 48.5 Å². The van der Waals surface area contributed by atoms with Gasteiger partial charge in [0.15, 0.2) is 0 Å². The molecule has 1 aromatic carbocycles. The molecule has 0 amide bonds. The molecule has 1 fully saturated rings. The summed E-state index contributed by atoms with van der Waals surface area (Å²) in [5.41, 5.74) is 1.88. The van der Waals surface area contributed by atoms with Gasteiger partial charge >= 0.3 is 0 Å². The van der Waals surface area contributed by atoms with E-state index >= 15 is 0 Å². The highest BCUT2D eigenvalue weighted by atomic mass is 35.5. The number of aliphatic hydroxyl groups excluding tert-OH is 1. The molecule has 0 radical (unpaired) electrons. The first-order chi connectivity index (χ1) is 13.4. The van der Waals surface area contributed by atoms with E-state index in [1.165, 1.54) is 0 Å². The third kappa shape index (κ3) is 5.00. The third-order valence-electron chi connectivity index (χ3n) is 5.48. The van der Waals surface area contributed by atoms with Crippen molar-refractivity contribution >= 4 is 17.4 Å². The highest BCUT2D eigenvalue weighted by molar-refractivity contribution is 6.31. The summed E-state index contributed by atoms with van der Waals surface area (Å²) in [5, 5.41) is 19.5. The lowest BCUT2D eigenvalue weighted by Gasteiger charge is -2.16. The molecule has 5 nitrogen and oxygen atoms in total. The van der Waals surface area contributed by atoms with Crippen molar-refractivity contribution in [2.45, 2.75) is 71.3 Å².